The van der Waals surface area contributed by atoms with Gasteiger partial charge in [0.25, 0.3) is 0 Å². The fourth-order valence-corrected chi connectivity index (χ4v) is 2.25. The Balaban J connectivity index is 2.65. The largest absolute Gasteiger partial charge is 0.481 e. The molecule has 20 heavy (non-hydrogen) atoms. The molecule has 1 aromatic rings. The summed E-state index contributed by atoms with van der Waals surface area (Å²) in [5.74, 6) is -2.65. The zero-order valence-corrected chi connectivity index (χ0v) is 11.7. The molecule has 8 heteroatoms. The number of aliphatic carboxylic acids is 2. The lowest BCUT2D eigenvalue weighted by Gasteiger charge is -2.23. The summed E-state index contributed by atoms with van der Waals surface area (Å²) < 4.78 is 0. The molecular formula is C12H16N2O5S. The SMILES string of the molecule is CCN(Cc1cccs1)C(=O)NC(CC(=O)O)C(=O)O. The maximum atomic E-state index is 12.0. The first-order valence-corrected chi connectivity index (χ1v) is 6.84. The van der Waals surface area contributed by atoms with Gasteiger partial charge in [-0.2, -0.15) is 0 Å². The van der Waals surface area contributed by atoms with Crippen LogP contribution in [0.5, 0.6) is 0 Å². The Morgan fingerprint density at radius 1 is 1.40 bits per heavy atom. The Morgan fingerprint density at radius 2 is 2.10 bits per heavy atom. The molecule has 0 saturated heterocycles. The van der Waals surface area contributed by atoms with E-state index in [9.17, 15) is 14.4 Å². The van der Waals surface area contributed by atoms with Crippen molar-refractivity contribution < 1.29 is 24.6 Å². The number of carboxylic acid groups (broad SMARTS) is 2. The topological polar surface area (TPSA) is 107 Å². The van der Waals surface area contributed by atoms with E-state index in [1.165, 1.54) is 16.2 Å². The van der Waals surface area contributed by atoms with Crippen LogP contribution in [0.4, 0.5) is 4.79 Å². The minimum atomic E-state index is -1.43. The summed E-state index contributed by atoms with van der Waals surface area (Å²) in [5, 5.41) is 21.6. The highest BCUT2D eigenvalue weighted by Crippen LogP contribution is 2.12. The zero-order valence-electron chi connectivity index (χ0n) is 10.9. The lowest BCUT2D eigenvalue weighted by atomic mass is 10.2. The van der Waals surface area contributed by atoms with Crippen molar-refractivity contribution in [3.05, 3.63) is 22.4 Å². The molecule has 0 aliphatic heterocycles. The van der Waals surface area contributed by atoms with E-state index in [-0.39, 0.29) is 0 Å². The highest BCUT2D eigenvalue weighted by molar-refractivity contribution is 7.09. The van der Waals surface area contributed by atoms with Gasteiger partial charge in [-0.1, -0.05) is 6.07 Å². The van der Waals surface area contributed by atoms with Crippen molar-refractivity contribution >= 4 is 29.3 Å². The zero-order chi connectivity index (χ0) is 15.1. The monoisotopic (exact) mass is 300 g/mol. The Kier molecular flexibility index (Phi) is 5.98. The highest BCUT2D eigenvalue weighted by Gasteiger charge is 2.25. The normalized spacial score (nSPS) is 11.7. The van der Waals surface area contributed by atoms with Crippen LogP contribution in [-0.2, 0) is 16.1 Å². The first kappa shape index (κ1) is 16.0. The van der Waals surface area contributed by atoms with Gasteiger partial charge in [-0.05, 0) is 18.4 Å². The molecule has 0 bridgehead atoms. The highest BCUT2D eigenvalue weighted by atomic mass is 32.1. The number of amides is 2. The lowest BCUT2D eigenvalue weighted by Crippen LogP contribution is -2.48. The maximum absolute atomic E-state index is 12.0. The molecule has 1 rings (SSSR count). The smallest absolute Gasteiger partial charge is 0.326 e. The third kappa shape index (κ3) is 4.88. The van der Waals surface area contributed by atoms with Crippen LogP contribution in [0.1, 0.15) is 18.2 Å². The Labute approximate surface area is 119 Å². The molecule has 1 atom stereocenters. The fraction of sp³-hybridized carbons (Fsp3) is 0.417. The van der Waals surface area contributed by atoms with E-state index in [0.717, 1.165) is 4.88 Å². The van der Waals surface area contributed by atoms with Crippen LogP contribution < -0.4 is 5.32 Å². The number of rotatable bonds is 7. The average Bonchev–Trinajstić information content (AvgIpc) is 2.87. The number of urea groups is 1. The number of thiophene rings is 1. The molecule has 110 valence electrons. The van der Waals surface area contributed by atoms with Crippen molar-refractivity contribution in [1.29, 1.82) is 0 Å². The summed E-state index contributed by atoms with van der Waals surface area (Å²) in [6.07, 6.45) is -0.655. The number of hydrogen-bond acceptors (Lipinski definition) is 4. The predicted molar refractivity (Wildman–Crippen MR) is 72.6 cm³/mol. The summed E-state index contributed by atoms with van der Waals surface area (Å²) in [5.41, 5.74) is 0. The molecular weight excluding hydrogens is 284 g/mol. The van der Waals surface area contributed by atoms with Crippen LogP contribution in [0.15, 0.2) is 17.5 Å². The summed E-state index contributed by atoms with van der Waals surface area (Å²) in [6, 6.07) is 1.70. The third-order valence-electron chi connectivity index (χ3n) is 2.57. The van der Waals surface area contributed by atoms with Crippen LogP contribution in [0.3, 0.4) is 0 Å². The van der Waals surface area contributed by atoms with Gasteiger partial charge in [0, 0.05) is 11.4 Å². The number of carbonyl (C=O) groups is 3. The number of nitrogens with one attached hydrogen (secondary N) is 1. The van der Waals surface area contributed by atoms with Crippen LogP contribution in [0.2, 0.25) is 0 Å². The van der Waals surface area contributed by atoms with Gasteiger partial charge in [0.15, 0.2) is 0 Å². The molecule has 0 saturated carbocycles. The Bertz CT molecular complexity index is 474. The van der Waals surface area contributed by atoms with Crippen LogP contribution in [0, 0.1) is 0 Å². The molecule has 7 nitrogen and oxygen atoms in total. The van der Waals surface area contributed by atoms with E-state index in [1.54, 1.807) is 6.92 Å². The van der Waals surface area contributed by atoms with Gasteiger partial charge < -0.3 is 20.4 Å². The molecule has 0 aliphatic rings. The molecule has 2 amide bonds. The fourth-order valence-electron chi connectivity index (χ4n) is 1.53. The van der Waals surface area contributed by atoms with E-state index in [4.69, 9.17) is 10.2 Å². The van der Waals surface area contributed by atoms with E-state index in [0.29, 0.717) is 13.1 Å². The molecule has 0 aliphatic carbocycles. The number of carbonyl (C=O) groups excluding carboxylic acids is 1. The molecule has 1 aromatic heterocycles. The van der Waals surface area contributed by atoms with Crippen molar-refractivity contribution in [2.24, 2.45) is 0 Å². The first-order valence-electron chi connectivity index (χ1n) is 5.96. The minimum absolute atomic E-state index is 0.361. The van der Waals surface area contributed by atoms with Crippen molar-refractivity contribution in [1.82, 2.24) is 10.2 Å². The van der Waals surface area contributed by atoms with E-state index >= 15 is 0 Å². The second kappa shape index (κ2) is 7.49. The molecule has 1 heterocycles. The van der Waals surface area contributed by atoms with Crippen LogP contribution >= 0.6 is 11.3 Å². The van der Waals surface area contributed by atoms with Crippen molar-refractivity contribution in [2.75, 3.05) is 6.54 Å². The number of carboxylic acids is 2. The lowest BCUT2D eigenvalue weighted by molar-refractivity contribution is -0.145. The van der Waals surface area contributed by atoms with E-state index in [2.05, 4.69) is 5.32 Å². The van der Waals surface area contributed by atoms with Gasteiger partial charge in [0.2, 0.25) is 0 Å². The van der Waals surface area contributed by atoms with Crippen LogP contribution in [0.25, 0.3) is 0 Å². The molecule has 1 unspecified atom stereocenters. The minimum Gasteiger partial charge on any atom is -0.481 e. The van der Waals surface area contributed by atoms with Gasteiger partial charge in [-0.3, -0.25) is 4.79 Å². The van der Waals surface area contributed by atoms with Crippen molar-refractivity contribution in [3.8, 4) is 0 Å². The third-order valence-corrected chi connectivity index (χ3v) is 3.43. The maximum Gasteiger partial charge on any atom is 0.326 e. The summed E-state index contributed by atoms with van der Waals surface area (Å²) in [7, 11) is 0. The van der Waals surface area contributed by atoms with Crippen molar-refractivity contribution in [2.45, 2.75) is 25.9 Å². The number of nitrogens with zero attached hydrogens (tertiary/aromatic N) is 1. The molecule has 0 fully saturated rings. The summed E-state index contributed by atoms with van der Waals surface area (Å²) in [6.45, 7) is 2.52. The Hall–Kier alpha value is -2.09. The van der Waals surface area contributed by atoms with E-state index < -0.39 is 30.4 Å². The van der Waals surface area contributed by atoms with Crippen molar-refractivity contribution in [3.63, 3.8) is 0 Å². The predicted octanol–water partition coefficient (Wildman–Crippen LogP) is 1.21. The van der Waals surface area contributed by atoms with Gasteiger partial charge >= 0.3 is 18.0 Å². The van der Waals surface area contributed by atoms with Gasteiger partial charge in [-0.15, -0.1) is 11.3 Å². The second-order valence-electron chi connectivity index (χ2n) is 4.03. The molecule has 3 N–H and O–H groups in total. The van der Waals surface area contributed by atoms with Crippen LogP contribution in [-0.4, -0.2) is 45.7 Å². The van der Waals surface area contributed by atoms with E-state index in [1.807, 2.05) is 17.5 Å². The summed E-state index contributed by atoms with van der Waals surface area (Å²) >= 11 is 1.49. The molecule has 0 radical (unpaired) electrons. The average molecular weight is 300 g/mol. The standard InChI is InChI=1S/C12H16N2O5S/c1-2-14(7-8-4-3-5-20-8)12(19)13-9(11(17)18)6-10(15)16/h3-5,9H,2,6-7H2,1H3,(H,13,19)(H,15,16)(H,17,18). The van der Waals surface area contributed by atoms with Gasteiger partial charge in [0.05, 0.1) is 13.0 Å². The van der Waals surface area contributed by atoms with Gasteiger partial charge in [0.1, 0.15) is 6.04 Å². The first-order chi connectivity index (χ1) is 9.43. The van der Waals surface area contributed by atoms with Gasteiger partial charge in [-0.25, -0.2) is 9.59 Å². The quantitative estimate of drug-likeness (QED) is 0.701. The molecule has 0 spiro atoms. The number of hydrogen-bond donors (Lipinski definition) is 3. The molecule has 0 aromatic carbocycles. The summed E-state index contributed by atoms with van der Waals surface area (Å²) in [4.78, 5) is 35.8. The second-order valence-corrected chi connectivity index (χ2v) is 5.06. The Morgan fingerprint density at radius 3 is 2.55 bits per heavy atom.